The first-order valence-electron chi connectivity index (χ1n) is 5.44. The SMILES string of the molecule is COC(OCC=C=O)(OCc1ccccc1)C(=O)O. The number of hydrogen-bond acceptors (Lipinski definition) is 5. The normalized spacial score (nSPS) is 13.3. The summed E-state index contributed by atoms with van der Waals surface area (Å²) in [6, 6.07) is 8.96. The van der Waals surface area contributed by atoms with Crippen molar-refractivity contribution in [3.8, 4) is 0 Å². The number of carboxylic acid groups (broad SMARTS) is 1. The highest BCUT2D eigenvalue weighted by Crippen LogP contribution is 2.17. The van der Waals surface area contributed by atoms with Crippen molar-refractivity contribution in [2.45, 2.75) is 12.6 Å². The number of carbonyl (C=O) groups is 1. The van der Waals surface area contributed by atoms with Crippen LogP contribution in [0.3, 0.4) is 0 Å². The monoisotopic (exact) mass is 266 g/mol. The van der Waals surface area contributed by atoms with Gasteiger partial charge in [0.1, 0.15) is 5.94 Å². The second kappa shape index (κ2) is 7.45. The highest BCUT2D eigenvalue weighted by atomic mass is 16.9. The van der Waals surface area contributed by atoms with Crippen LogP contribution in [0.25, 0.3) is 0 Å². The molecule has 19 heavy (non-hydrogen) atoms. The summed E-state index contributed by atoms with van der Waals surface area (Å²) >= 11 is 0. The van der Waals surface area contributed by atoms with Gasteiger partial charge in [-0.3, -0.25) is 0 Å². The summed E-state index contributed by atoms with van der Waals surface area (Å²) in [7, 11) is 1.14. The Morgan fingerprint density at radius 2 is 2.05 bits per heavy atom. The first-order valence-corrected chi connectivity index (χ1v) is 5.44. The molecule has 0 saturated heterocycles. The number of carbonyl (C=O) groups excluding carboxylic acids is 1. The minimum Gasteiger partial charge on any atom is -0.475 e. The van der Waals surface area contributed by atoms with Crippen LogP contribution in [0.2, 0.25) is 0 Å². The van der Waals surface area contributed by atoms with Crippen LogP contribution in [0.4, 0.5) is 0 Å². The number of rotatable bonds is 8. The smallest absolute Gasteiger partial charge is 0.395 e. The summed E-state index contributed by atoms with van der Waals surface area (Å²) in [5, 5.41) is 9.11. The average Bonchev–Trinajstić information content (AvgIpc) is 2.44. The summed E-state index contributed by atoms with van der Waals surface area (Å²) in [5.74, 6) is -2.21. The van der Waals surface area contributed by atoms with Gasteiger partial charge < -0.3 is 19.3 Å². The summed E-state index contributed by atoms with van der Waals surface area (Å²) in [4.78, 5) is 21.2. The molecule has 1 aromatic rings. The van der Waals surface area contributed by atoms with E-state index in [0.29, 0.717) is 0 Å². The number of methoxy groups -OCH3 is 1. The molecule has 1 rings (SSSR count). The van der Waals surface area contributed by atoms with Gasteiger partial charge in [-0.2, -0.15) is 0 Å². The second-order valence-electron chi connectivity index (χ2n) is 3.47. The van der Waals surface area contributed by atoms with Gasteiger partial charge in [-0.1, -0.05) is 30.3 Å². The first kappa shape index (κ1) is 15.1. The molecule has 0 bridgehead atoms. The number of benzene rings is 1. The van der Waals surface area contributed by atoms with Gasteiger partial charge in [0.05, 0.1) is 13.2 Å². The minimum atomic E-state index is -2.25. The molecule has 0 spiro atoms. The minimum absolute atomic E-state index is 0.00815. The van der Waals surface area contributed by atoms with Gasteiger partial charge in [-0.25, -0.2) is 9.59 Å². The molecule has 1 unspecified atom stereocenters. The molecule has 0 radical (unpaired) electrons. The molecule has 0 aliphatic rings. The zero-order valence-corrected chi connectivity index (χ0v) is 10.4. The molecule has 6 heteroatoms. The van der Waals surface area contributed by atoms with E-state index in [1.165, 1.54) is 5.94 Å². The van der Waals surface area contributed by atoms with E-state index in [1.54, 1.807) is 24.3 Å². The quantitative estimate of drug-likeness (QED) is 0.558. The third-order valence-corrected chi connectivity index (χ3v) is 2.24. The van der Waals surface area contributed by atoms with E-state index in [0.717, 1.165) is 18.7 Å². The van der Waals surface area contributed by atoms with Crippen LogP contribution in [0.1, 0.15) is 5.56 Å². The van der Waals surface area contributed by atoms with Gasteiger partial charge in [-0.15, -0.1) is 0 Å². The van der Waals surface area contributed by atoms with Gasteiger partial charge in [0.15, 0.2) is 0 Å². The Morgan fingerprint density at radius 3 is 2.58 bits per heavy atom. The predicted octanol–water partition coefficient (Wildman–Crippen LogP) is 0.992. The Labute approximate surface area is 110 Å². The average molecular weight is 266 g/mol. The lowest BCUT2D eigenvalue weighted by molar-refractivity contribution is -0.355. The van der Waals surface area contributed by atoms with Crippen molar-refractivity contribution in [2.24, 2.45) is 0 Å². The van der Waals surface area contributed by atoms with Crippen LogP contribution in [-0.4, -0.2) is 36.7 Å². The van der Waals surface area contributed by atoms with Gasteiger partial charge in [0.2, 0.25) is 0 Å². The lowest BCUT2D eigenvalue weighted by Crippen LogP contribution is -2.46. The molecule has 102 valence electrons. The first-order chi connectivity index (χ1) is 9.14. The number of ether oxygens (including phenoxy) is 3. The molecule has 1 aromatic carbocycles. The molecule has 1 N–H and O–H groups in total. The molecular formula is C13H14O6. The molecule has 0 heterocycles. The molecule has 0 aliphatic carbocycles. The second-order valence-corrected chi connectivity index (χ2v) is 3.47. The maximum absolute atomic E-state index is 11.2. The summed E-state index contributed by atoms with van der Waals surface area (Å²) in [6.07, 6.45) is 0.989. The molecule has 6 nitrogen and oxygen atoms in total. The van der Waals surface area contributed by atoms with E-state index in [1.807, 2.05) is 6.07 Å². The number of hydrogen-bond donors (Lipinski definition) is 1. The van der Waals surface area contributed by atoms with Gasteiger partial charge in [0.25, 0.3) is 0 Å². The van der Waals surface area contributed by atoms with Crippen molar-refractivity contribution in [1.29, 1.82) is 0 Å². The Bertz CT molecular complexity index is 451. The Balaban J connectivity index is 2.73. The fourth-order valence-corrected chi connectivity index (χ4v) is 1.31. The fraction of sp³-hybridized carbons (Fsp3) is 0.308. The van der Waals surface area contributed by atoms with Crippen molar-refractivity contribution >= 4 is 11.9 Å². The van der Waals surface area contributed by atoms with Crippen molar-refractivity contribution in [2.75, 3.05) is 13.7 Å². The zero-order valence-electron chi connectivity index (χ0n) is 10.4. The van der Waals surface area contributed by atoms with E-state index < -0.39 is 11.9 Å². The largest absolute Gasteiger partial charge is 0.475 e. The highest BCUT2D eigenvalue weighted by Gasteiger charge is 2.42. The van der Waals surface area contributed by atoms with Crippen molar-refractivity contribution in [1.82, 2.24) is 0 Å². The zero-order chi connectivity index (χ0) is 14.1. The van der Waals surface area contributed by atoms with E-state index in [4.69, 9.17) is 19.3 Å². The Hall–Kier alpha value is -1.98. The van der Waals surface area contributed by atoms with Gasteiger partial charge in [0, 0.05) is 13.2 Å². The van der Waals surface area contributed by atoms with Gasteiger partial charge in [-0.05, 0) is 5.56 Å². The lowest BCUT2D eigenvalue weighted by atomic mass is 10.2. The highest BCUT2D eigenvalue weighted by molar-refractivity contribution is 5.73. The predicted molar refractivity (Wildman–Crippen MR) is 64.8 cm³/mol. The van der Waals surface area contributed by atoms with Gasteiger partial charge >= 0.3 is 11.9 Å². The molecule has 0 saturated carbocycles. The van der Waals surface area contributed by atoms with E-state index in [2.05, 4.69) is 0 Å². The van der Waals surface area contributed by atoms with E-state index >= 15 is 0 Å². The maximum Gasteiger partial charge on any atom is 0.395 e. The summed E-state index contributed by atoms with van der Waals surface area (Å²) in [5.41, 5.74) is 0.764. The number of carboxylic acids is 1. The Morgan fingerprint density at radius 1 is 1.37 bits per heavy atom. The standard InChI is InChI=1S/C13H14O6/c1-17-13(12(15)16,18-9-5-8-14)19-10-11-6-3-2-4-7-11/h2-7H,9-10H2,1H3,(H,15,16). The van der Waals surface area contributed by atoms with Crippen LogP contribution in [0, 0.1) is 0 Å². The lowest BCUT2D eigenvalue weighted by Gasteiger charge is -2.26. The van der Waals surface area contributed by atoms with Crippen molar-refractivity contribution in [3.05, 3.63) is 42.0 Å². The van der Waals surface area contributed by atoms with Crippen LogP contribution in [0.15, 0.2) is 36.4 Å². The Kier molecular flexibility index (Phi) is 5.92. The molecular weight excluding hydrogens is 252 g/mol. The van der Waals surface area contributed by atoms with E-state index in [-0.39, 0.29) is 13.2 Å². The molecule has 0 fully saturated rings. The fourth-order valence-electron chi connectivity index (χ4n) is 1.31. The van der Waals surface area contributed by atoms with Crippen molar-refractivity contribution < 1.29 is 28.9 Å². The van der Waals surface area contributed by atoms with Crippen molar-refractivity contribution in [3.63, 3.8) is 0 Å². The van der Waals surface area contributed by atoms with E-state index in [9.17, 15) is 9.59 Å². The molecule has 0 aromatic heterocycles. The molecule has 0 aliphatic heterocycles. The molecule has 0 amide bonds. The van der Waals surface area contributed by atoms with Crippen LogP contribution < -0.4 is 0 Å². The van der Waals surface area contributed by atoms with Crippen LogP contribution >= 0.6 is 0 Å². The third-order valence-electron chi connectivity index (χ3n) is 2.24. The molecule has 1 atom stereocenters. The summed E-state index contributed by atoms with van der Waals surface area (Å²) in [6.45, 7) is -0.287. The third kappa shape index (κ3) is 4.31. The number of aliphatic carboxylic acids is 1. The summed E-state index contributed by atoms with van der Waals surface area (Å²) < 4.78 is 14.9. The topological polar surface area (TPSA) is 82.1 Å². The van der Waals surface area contributed by atoms with Crippen LogP contribution in [0.5, 0.6) is 0 Å². The maximum atomic E-state index is 11.2. The van der Waals surface area contributed by atoms with Crippen LogP contribution in [-0.2, 0) is 30.4 Å².